The van der Waals surface area contributed by atoms with Gasteiger partial charge in [-0.3, -0.25) is 4.79 Å². The second kappa shape index (κ2) is 7.76. The van der Waals surface area contributed by atoms with Crippen LogP contribution in [-0.2, 0) is 11.3 Å². The smallest absolute Gasteiger partial charge is 0.358 e. The minimum atomic E-state index is -0.535. The molecule has 0 fully saturated rings. The van der Waals surface area contributed by atoms with Gasteiger partial charge in [-0.05, 0) is 35.2 Å². The Morgan fingerprint density at radius 1 is 1.10 bits per heavy atom. The molecule has 0 amide bonds. The average molecular weight is 408 g/mol. The number of ether oxygens (including phenoxy) is 1. The van der Waals surface area contributed by atoms with Crippen molar-refractivity contribution in [2.24, 2.45) is 0 Å². The highest BCUT2D eigenvalue weighted by Crippen LogP contribution is 2.20. The van der Waals surface area contributed by atoms with Crippen molar-refractivity contribution in [1.82, 2.24) is 4.73 Å². The fourth-order valence-electron chi connectivity index (χ4n) is 2.96. The van der Waals surface area contributed by atoms with Crippen molar-refractivity contribution in [3.63, 3.8) is 0 Å². The summed E-state index contributed by atoms with van der Waals surface area (Å²) in [5, 5.41) is 14.6. The molecule has 0 spiro atoms. The van der Waals surface area contributed by atoms with Gasteiger partial charge in [0.2, 0.25) is 5.52 Å². The molecule has 0 aliphatic heterocycles. The summed E-state index contributed by atoms with van der Waals surface area (Å²) in [6, 6.07) is 17.0. The Bertz CT molecular complexity index is 1230. The predicted octanol–water partition coefficient (Wildman–Crippen LogP) is 2.78. The summed E-state index contributed by atoms with van der Waals surface area (Å²) in [7, 11) is 1.32. The molecule has 2 aromatic carbocycles. The van der Waals surface area contributed by atoms with E-state index in [-0.39, 0.29) is 12.3 Å². The lowest BCUT2D eigenvalue weighted by Gasteiger charge is -2.14. The number of hydrogen-bond acceptors (Lipinski definition) is 6. The highest BCUT2D eigenvalue weighted by atomic mass is 32.1. The molecule has 2 heterocycles. The molecule has 0 saturated carbocycles. The number of aromatic nitrogens is 2. The van der Waals surface area contributed by atoms with Crippen molar-refractivity contribution in [2.45, 2.75) is 6.61 Å². The van der Waals surface area contributed by atoms with Gasteiger partial charge in [-0.25, -0.2) is 4.79 Å². The largest absolute Gasteiger partial charge is 0.618 e. The highest BCUT2D eigenvalue weighted by Gasteiger charge is 2.24. The van der Waals surface area contributed by atoms with Crippen LogP contribution in [0.1, 0.15) is 15.9 Å². The Hall–Kier alpha value is -3.65. The van der Waals surface area contributed by atoms with Gasteiger partial charge in [-0.2, -0.15) is 4.73 Å². The SMILES string of the molecule is COC(=O)c1ccc(COn2c(=O)c(-c3cccs3)[n+]([O-])c3ccccc32)cc1. The molecule has 0 unspecified atom stereocenters. The zero-order valence-corrected chi connectivity index (χ0v) is 16.2. The van der Waals surface area contributed by atoms with Gasteiger partial charge in [0.25, 0.3) is 0 Å². The fourth-order valence-corrected chi connectivity index (χ4v) is 3.70. The van der Waals surface area contributed by atoms with E-state index in [9.17, 15) is 14.8 Å². The number of para-hydroxylation sites is 2. The van der Waals surface area contributed by atoms with Crippen LogP contribution >= 0.6 is 11.3 Å². The van der Waals surface area contributed by atoms with Crippen LogP contribution in [0.4, 0.5) is 0 Å². The molecule has 4 rings (SSSR count). The number of fused-ring (bicyclic) bond motifs is 1. The van der Waals surface area contributed by atoms with Gasteiger partial charge in [0, 0.05) is 6.07 Å². The summed E-state index contributed by atoms with van der Waals surface area (Å²) in [6.07, 6.45) is 0. The second-order valence-corrected chi connectivity index (χ2v) is 7.12. The molecule has 0 bridgehead atoms. The predicted molar refractivity (Wildman–Crippen MR) is 109 cm³/mol. The number of carbonyl (C=O) groups is 1. The zero-order chi connectivity index (χ0) is 20.4. The van der Waals surface area contributed by atoms with Gasteiger partial charge >= 0.3 is 17.2 Å². The monoisotopic (exact) mass is 408 g/mol. The maximum Gasteiger partial charge on any atom is 0.358 e. The number of methoxy groups -OCH3 is 1. The van der Waals surface area contributed by atoms with Gasteiger partial charge in [-0.1, -0.05) is 30.3 Å². The highest BCUT2D eigenvalue weighted by molar-refractivity contribution is 7.13. The van der Waals surface area contributed by atoms with E-state index >= 15 is 0 Å². The van der Waals surface area contributed by atoms with E-state index in [1.165, 1.54) is 18.4 Å². The lowest BCUT2D eigenvalue weighted by atomic mass is 10.1. The van der Waals surface area contributed by atoms with E-state index in [4.69, 9.17) is 4.84 Å². The molecule has 146 valence electrons. The van der Waals surface area contributed by atoms with Gasteiger partial charge < -0.3 is 14.8 Å². The van der Waals surface area contributed by atoms with Crippen LogP contribution < -0.4 is 15.1 Å². The van der Waals surface area contributed by atoms with Gasteiger partial charge in [0.05, 0.1) is 12.7 Å². The molecule has 8 heteroatoms. The van der Waals surface area contributed by atoms with E-state index in [1.54, 1.807) is 66.0 Å². The van der Waals surface area contributed by atoms with Crippen LogP contribution in [0.25, 0.3) is 21.6 Å². The maximum atomic E-state index is 13.1. The first-order chi connectivity index (χ1) is 14.1. The third-order valence-electron chi connectivity index (χ3n) is 4.40. The minimum absolute atomic E-state index is 0.0136. The van der Waals surface area contributed by atoms with E-state index in [2.05, 4.69) is 4.74 Å². The topological polar surface area (TPSA) is 84.5 Å². The molecule has 4 aromatic rings. The lowest BCUT2D eigenvalue weighted by molar-refractivity contribution is -0.566. The maximum absolute atomic E-state index is 13.1. The number of rotatable bonds is 5. The zero-order valence-electron chi connectivity index (χ0n) is 15.4. The number of carbonyl (C=O) groups excluding carboxylic acids is 1. The molecule has 7 nitrogen and oxygen atoms in total. The number of hydrogen-bond donors (Lipinski definition) is 0. The summed E-state index contributed by atoms with van der Waals surface area (Å²) >= 11 is 1.31. The fraction of sp³-hybridized carbons (Fsp3) is 0.0952. The third kappa shape index (κ3) is 3.45. The van der Waals surface area contributed by atoms with Gasteiger partial charge in [0.15, 0.2) is 5.52 Å². The van der Waals surface area contributed by atoms with Crippen LogP contribution in [0.3, 0.4) is 0 Å². The molecule has 0 atom stereocenters. The first-order valence-electron chi connectivity index (χ1n) is 8.72. The van der Waals surface area contributed by atoms with Crippen LogP contribution in [0.2, 0.25) is 0 Å². The van der Waals surface area contributed by atoms with E-state index in [0.717, 1.165) is 10.3 Å². The van der Waals surface area contributed by atoms with E-state index in [1.807, 2.05) is 0 Å². The van der Waals surface area contributed by atoms with E-state index in [0.29, 0.717) is 26.2 Å². The normalized spacial score (nSPS) is 10.8. The summed E-state index contributed by atoms with van der Waals surface area (Å²) < 4.78 is 6.48. The quantitative estimate of drug-likeness (QED) is 0.288. The second-order valence-electron chi connectivity index (χ2n) is 6.17. The third-order valence-corrected chi connectivity index (χ3v) is 5.28. The summed E-state index contributed by atoms with van der Waals surface area (Å²) in [5.74, 6) is -0.427. The van der Waals surface area contributed by atoms with Crippen LogP contribution in [0.5, 0.6) is 0 Å². The molecular formula is C21H16N2O5S. The summed E-state index contributed by atoms with van der Waals surface area (Å²) in [5.41, 5.74) is 1.36. The Morgan fingerprint density at radius 2 is 1.86 bits per heavy atom. The van der Waals surface area contributed by atoms with Crippen molar-refractivity contribution in [3.05, 3.63) is 92.7 Å². The van der Waals surface area contributed by atoms with Crippen molar-refractivity contribution in [1.29, 1.82) is 0 Å². The number of esters is 1. The average Bonchev–Trinajstić information content (AvgIpc) is 3.28. The van der Waals surface area contributed by atoms with Crippen LogP contribution in [-0.4, -0.2) is 17.8 Å². The Balaban J connectivity index is 1.74. The molecule has 0 radical (unpaired) electrons. The van der Waals surface area contributed by atoms with Crippen molar-refractivity contribution < 1.29 is 19.1 Å². The molecule has 0 aliphatic rings. The molecule has 0 N–H and O–H groups in total. The van der Waals surface area contributed by atoms with Crippen molar-refractivity contribution >= 4 is 28.3 Å². The molecular weight excluding hydrogens is 392 g/mol. The first-order valence-corrected chi connectivity index (χ1v) is 9.60. The molecule has 0 saturated heterocycles. The molecule has 2 aromatic heterocycles. The van der Waals surface area contributed by atoms with Crippen molar-refractivity contribution in [3.8, 4) is 10.6 Å². The lowest BCUT2D eigenvalue weighted by Crippen LogP contribution is -2.42. The number of thiophene rings is 1. The Kier molecular flexibility index (Phi) is 5.01. The first kappa shape index (κ1) is 18.7. The van der Waals surface area contributed by atoms with Gasteiger partial charge in [-0.15, -0.1) is 16.1 Å². The Labute approximate surface area is 169 Å². The molecule has 0 aliphatic carbocycles. The summed E-state index contributed by atoms with van der Waals surface area (Å²) in [4.78, 5) is 31.0. The van der Waals surface area contributed by atoms with Gasteiger partial charge in [0.1, 0.15) is 11.5 Å². The van der Waals surface area contributed by atoms with E-state index < -0.39 is 11.5 Å². The number of benzene rings is 2. The standard InChI is InChI=1S/C21H16N2O5S/c1-27-21(25)15-10-8-14(9-11-15)13-28-23-17-6-3-2-5-16(17)22(26)19(20(23)24)18-7-4-12-29-18/h2-12H,13H2,1H3. The summed E-state index contributed by atoms with van der Waals surface area (Å²) in [6.45, 7) is 0.0815. The Morgan fingerprint density at radius 3 is 2.55 bits per heavy atom. The van der Waals surface area contributed by atoms with Crippen LogP contribution in [0.15, 0.2) is 70.8 Å². The minimum Gasteiger partial charge on any atom is -0.618 e. The van der Waals surface area contributed by atoms with Crippen molar-refractivity contribution in [2.75, 3.05) is 7.11 Å². The molecule has 29 heavy (non-hydrogen) atoms. The van der Waals surface area contributed by atoms with Crippen LogP contribution in [0, 0.1) is 5.21 Å². The number of nitrogens with zero attached hydrogens (tertiary/aromatic N) is 2.